The summed E-state index contributed by atoms with van der Waals surface area (Å²) in [6, 6.07) is 0. The molecule has 8 atom stereocenters. The van der Waals surface area contributed by atoms with Crippen LogP contribution in [-0.4, -0.2) is 18.4 Å². The summed E-state index contributed by atoms with van der Waals surface area (Å²) >= 11 is 0. The maximum Gasteiger partial charge on any atom is 0.302 e. The van der Waals surface area contributed by atoms with Gasteiger partial charge in [0, 0.05) is 13.3 Å². The summed E-state index contributed by atoms with van der Waals surface area (Å²) in [6.45, 7) is 11.9. The number of ketones is 1. The first kappa shape index (κ1) is 24.0. The maximum atomic E-state index is 12.1. The number of carbonyl (C=O) groups excluding carboxylic acids is 2. The van der Waals surface area contributed by atoms with Crippen molar-refractivity contribution < 1.29 is 14.3 Å². The van der Waals surface area contributed by atoms with Gasteiger partial charge in [0.05, 0.1) is 6.61 Å². The Balaban J connectivity index is 1.37. The Morgan fingerprint density at radius 1 is 1.06 bits per heavy atom. The van der Waals surface area contributed by atoms with Crippen molar-refractivity contribution in [1.82, 2.24) is 0 Å². The van der Waals surface area contributed by atoms with Crippen molar-refractivity contribution in [1.29, 1.82) is 0 Å². The lowest BCUT2D eigenvalue weighted by Gasteiger charge is -2.58. The van der Waals surface area contributed by atoms with E-state index in [4.69, 9.17) is 4.74 Å². The molecule has 0 aromatic carbocycles. The number of allylic oxidation sites excluding steroid dienone is 1. The van der Waals surface area contributed by atoms with Gasteiger partial charge in [-0.05, 0) is 104 Å². The first-order chi connectivity index (χ1) is 15.1. The van der Waals surface area contributed by atoms with Gasteiger partial charge >= 0.3 is 5.97 Å². The molecule has 0 heterocycles. The van der Waals surface area contributed by atoms with Gasteiger partial charge in [-0.25, -0.2) is 0 Å². The van der Waals surface area contributed by atoms with Gasteiger partial charge in [-0.3, -0.25) is 9.59 Å². The summed E-state index contributed by atoms with van der Waals surface area (Å²) in [5.74, 6) is 4.85. The lowest BCUT2D eigenvalue weighted by atomic mass is 9.46. The van der Waals surface area contributed by atoms with Gasteiger partial charge in [0.25, 0.3) is 0 Å². The Morgan fingerprint density at radius 2 is 1.84 bits per heavy atom. The summed E-state index contributed by atoms with van der Waals surface area (Å²) < 4.78 is 5.19. The number of carbonyl (C=O) groups is 2. The molecule has 180 valence electrons. The van der Waals surface area contributed by atoms with E-state index in [0.29, 0.717) is 29.1 Å². The molecule has 0 aromatic heterocycles. The molecule has 3 nitrogen and oxygen atoms in total. The Labute approximate surface area is 196 Å². The number of hydrogen-bond acceptors (Lipinski definition) is 3. The first-order valence-electron chi connectivity index (χ1n) is 13.5. The van der Waals surface area contributed by atoms with E-state index in [1.165, 1.54) is 57.4 Å². The van der Waals surface area contributed by atoms with Crippen molar-refractivity contribution >= 4 is 11.8 Å². The zero-order valence-electron chi connectivity index (χ0n) is 21.3. The van der Waals surface area contributed by atoms with E-state index in [2.05, 4.69) is 27.7 Å². The molecule has 4 aliphatic carbocycles. The van der Waals surface area contributed by atoms with E-state index in [1.54, 1.807) is 0 Å². The normalized spacial score (nSPS) is 40.5. The quantitative estimate of drug-likeness (QED) is 0.394. The molecule has 4 rings (SSSR count). The van der Waals surface area contributed by atoms with Crippen molar-refractivity contribution in [3.8, 4) is 0 Å². The number of fused-ring (bicyclic) bond motifs is 5. The number of rotatable bonds is 7. The fourth-order valence-corrected chi connectivity index (χ4v) is 8.87. The molecule has 6 unspecified atom stereocenters. The van der Waals surface area contributed by atoms with Gasteiger partial charge in [-0.2, -0.15) is 0 Å². The summed E-state index contributed by atoms with van der Waals surface area (Å²) in [5, 5.41) is 0. The lowest BCUT2D eigenvalue weighted by Crippen LogP contribution is -2.50. The zero-order valence-corrected chi connectivity index (χ0v) is 21.3. The van der Waals surface area contributed by atoms with Crippen molar-refractivity contribution in [3.63, 3.8) is 0 Å². The van der Waals surface area contributed by atoms with Crippen LogP contribution in [0.2, 0.25) is 0 Å². The first-order valence-corrected chi connectivity index (χ1v) is 13.5. The Morgan fingerprint density at radius 3 is 2.59 bits per heavy atom. The van der Waals surface area contributed by atoms with Gasteiger partial charge < -0.3 is 4.74 Å². The molecule has 32 heavy (non-hydrogen) atoms. The van der Waals surface area contributed by atoms with Crippen LogP contribution >= 0.6 is 0 Å². The SMILES string of the molecule is CC(=O)OCC(C)CCC[C@@H](C)[C@H]1CCC2C3CCC4=CC(=O)CCC4(C)C3CCC21C. The summed E-state index contributed by atoms with van der Waals surface area (Å²) in [6.07, 6.45) is 15.6. The van der Waals surface area contributed by atoms with Crippen LogP contribution in [0.15, 0.2) is 11.6 Å². The fraction of sp³-hybridized carbons (Fsp3) is 0.862. The number of ether oxygens (including phenoxy) is 1. The molecular weight excluding hydrogens is 396 g/mol. The van der Waals surface area contributed by atoms with E-state index in [0.717, 1.165) is 55.3 Å². The minimum Gasteiger partial charge on any atom is -0.466 e. The van der Waals surface area contributed by atoms with Crippen molar-refractivity contribution in [2.75, 3.05) is 6.61 Å². The zero-order chi connectivity index (χ0) is 23.1. The van der Waals surface area contributed by atoms with Crippen LogP contribution in [0.25, 0.3) is 0 Å². The van der Waals surface area contributed by atoms with Crippen molar-refractivity contribution in [2.45, 2.75) is 105 Å². The molecule has 0 saturated heterocycles. The summed E-state index contributed by atoms with van der Waals surface area (Å²) in [5.41, 5.74) is 2.29. The molecule has 0 amide bonds. The average molecular weight is 443 g/mol. The van der Waals surface area contributed by atoms with Gasteiger partial charge in [0.15, 0.2) is 5.78 Å². The summed E-state index contributed by atoms with van der Waals surface area (Å²) in [4.78, 5) is 23.1. The molecule has 0 N–H and O–H groups in total. The van der Waals surface area contributed by atoms with Gasteiger partial charge in [0.2, 0.25) is 0 Å². The van der Waals surface area contributed by atoms with E-state index in [-0.39, 0.29) is 5.97 Å². The van der Waals surface area contributed by atoms with Crippen LogP contribution in [0.5, 0.6) is 0 Å². The molecule has 4 aliphatic rings. The Kier molecular flexibility index (Phi) is 6.95. The highest BCUT2D eigenvalue weighted by Gasteiger charge is 2.59. The smallest absolute Gasteiger partial charge is 0.302 e. The molecule has 0 spiro atoms. The molecule has 0 aromatic rings. The maximum absolute atomic E-state index is 12.1. The number of esters is 1. The van der Waals surface area contributed by atoms with E-state index in [1.807, 2.05) is 6.08 Å². The van der Waals surface area contributed by atoms with Crippen LogP contribution in [0.4, 0.5) is 0 Å². The highest BCUT2D eigenvalue weighted by atomic mass is 16.5. The van der Waals surface area contributed by atoms with Crippen LogP contribution in [0.3, 0.4) is 0 Å². The van der Waals surface area contributed by atoms with Crippen LogP contribution in [-0.2, 0) is 14.3 Å². The predicted octanol–water partition coefficient (Wildman–Crippen LogP) is 7.14. The monoisotopic (exact) mass is 442 g/mol. The van der Waals surface area contributed by atoms with Gasteiger partial charge in [-0.15, -0.1) is 0 Å². The lowest BCUT2D eigenvalue weighted by molar-refractivity contribution is -0.142. The number of hydrogen-bond donors (Lipinski definition) is 0. The molecule has 0 aliphatic heterocycles. The minimum atomic E-state index is -0.162. The van der Waals surface area contributed by atoms with Gasteiger partial charge in [0.1, 0.15) is 0 Å². The largest absolute Gasteiger partial charge is 0.466 e. The summed E-state index contributed by atoms with van der Waals surface area (Å²) in [7, 11) is 0. The molecular formula is C29H46O3. The van der Waals surface area contributed by atoms with Crippen molar-refractivity contribution in [3.05, 3.63) is 11.6 Å². The molecule has 0 radical (unpaired) electrons. The Hall–Kier alpha value is -1.12. The molecule has 0 bridgehead atoms. The third kappa shape index (κ3) is 4.34. The second kappa shape index (κ2) is 9.26. The van der Waals surface area contributed by atoms with Gasteiger partial charge in [-0.1, -0.05) is 46.1 Å². The van der Waals surface area contributed by atoms with E-state index < -0.39 is 0 Å². The standard InChI is InChI=1S/C29H46O3/c1-19(18-32-21(3)30)7-6-8-20(2)25-11-12-26-24-10-9-22-17-23(31)13-15-28(22,4)27(24)14-16-29(25,26)5/h17,19-20,24-27H,6-16,18H2,1-5H3/t19?,20-,24?,25-,26?,27?,28?,29?/m1/s1. The van der Waals surface area contributed by atoms with E-state index in [9.17, 15) is 9.59 Å². The molecule has 3 fully saturated rings. The topological polar surface area (TPSA) is 43.4 Å². The second-order valence-corrected chi connectivity index (χ2v) is 12.5. The third-order valence-corrected chi connectivity index (χ3v) is 10.6. The Bertz CT molecular complexity index is 754. The highest BCUT2D eigenvalue weighted by Crippen LogP contribution is 2.67. The fourth-order valence-electron chi connectivity index (χ4n) is 8.87. The van der Waals surface area contributed by atoms with Crippen LogP contribution in [0, 0.1) is 46.3 Å². The molecule has 3 heteroatoms. The average Bonchev–Trinajstić information content (AvgIpc) is 3.10. The van der Waals surface area contributed by atoms with Crippen LogP contribution < -0.4 is 0 Å². The minimum absolute atomic E-state index is 0.162. The van der Waals surface area contributed by atoms with Crippen LogP contribution in [0.1, 0.15) is 105 Å². The van der Waals surface area contributed by atoms with E-state index >= 15 is 0 Å². The predicted molar refractivity (Wildman–Crippen MR) is 129 cm³/mol. The highest BCUT2D eigenvalue weighted by molar-refractivity contribution is 5.91. The second-order valence-electron chi connectivity index (χ2n) is 12.5. The van der Waals surface area contributed by atoms with Crippen molar-refractivity contribution in [2.24, 2.45) is 46.3 Å². The third-order valence-electron chi connectivity index (χ3n) is 10.6. The molecule has 3 saturated carbocycles.